The highest BCUT2D eigenvalue weighted by molar-refractivity contribution is 9.09. The summed E-state index contributed by atoms with van der Waals surface area (Å²) < 4.78 is 0. The minimum absolute atomic E-state index is 0.149. The Hall–Kier alpha value is -2.80. The smallest absolute Gasteiger partial charge is 0.261 e. The predicted molar refractivity (Wildman–Crippen MR) is 124 cm³/mol. The van der Waals surface area contributed by atoms with Crippen molar-refractivity contribution in [2.75, 3.05) is 11.9 Å². The zero-order valence-electron chi connectivity index (χ0n) is 17.8. The molecule has 1 N–H and O–H groups in total. The van der Waals surface area contributed by atoms with E-state index in [-0.39, 0.29) is 23.6 Å². The summed E-state index contributed by atoms with van der Waals surface area (Å²) in [7, 11) is 0. The molecular weight excluding hydrogens is 460 g/mol. The molecule has 2 aromatic rings. The second kappa shape index (κ2) is 12.2. The van der Waals surface area contributed by atoms with Crippen molar-refractivity contribution in [2.45, 2.75) is 39.5 Å². The molecule has 164 valence electrons. The van der Waals surface area contributed by atoms with Gasteiger partial charge >= 0.3 is 0 Å². The van der Waals surface area contributed by atoms with Gasteiger partial charge in [-0.3, -0.25) is 29.4 Å². The lowest BCUT2D eigenvalue weighted by Gasteiger charge is -2.12. The van der Waals surface area contributed by atoms with Crippen LogP contribution in [0.15, 0.2) is 48.5 Å². The molecule has 0 radical (unpaired) electrons. The molecule has 0 bridgehead atoms. The van der Waals surface area contributed by atoms with Crippen LogP contribution in [0.2, 0.25) is 0 Å². The van der Waals surface area contributed by atoms with Crippen LogP contribution in [0.1, 0.15) is 81.0 Å². The van der Waals surface area contributed by atoms with Gasteiger partial charge in [0.25, 0.3) is 23.6 Å². The summed E-state index contributed by atoms with van der Waals surface area (Å²) in [5, 5.41) is 3.36. The van der Waals surface area contributed by atoms with Crippen LogP contribution in [0.4, 0.5) is 0 Å². The van der Waals surface area contributed by atoms with Crippen molar-refractivity contribution in [1.29, 1.82) is 0 Å². The van der Waals surface area contributed by atoms with E-state index in [1.807, 2.05) is 6.92 Å². The molecule has 4 amide bonds. The first-order valence-electron chi connectivity index (χ1n) is 10.4. The number of benzene rings is 2. The summed E-state index contributed by atoms with van der Waals surface area (Å²) in [5.74, 6) is -0.899. The van der Waals surface area contributed by atoms with Gasteiger partial charge in [0, 0.05) is 11.9 Å². The first-order valence-corrected chi connectivity index (χ1v) is 11.5. The van der Waals surface area contributed by atoms with Gasteiger partial charge in [-0.1, -0.05) is 66.9 Å². The Labute approximate surface area is 191 Å². The molecule has 0 aromatic heterocycles. The van der Waals surface area contributed by atoms with E-state index in [4.69, 9.17) is 0 Å². The molecule has 0 fully saturated rings. The number of hydrogen-bond acceptors (Lipinski definition) is 4. The molecule has 0 spiro atoms. The van der Waals surface area contributed by atoms with Crippen LogP contribution in [0.5, 0.6) is 0 Å². The number of carbonyl (C=O) groups excluding carboxylic acids is 4. The number of amides is 4. The predicted octanol–water partition coefficient (Wildman–Crippen LogP) is 4.83. The van der Waals surface area contributed by atoms with E-state index in [1.165, 1.54) is 17.7 Å². The maximum absolute atomic E-state index is 11.8. The van der Waals surface area contributed by atoms with Crippen molar-refractivity contribution < 1.29 is 19.2 Å². The monoisotopic (exact) mass is 486 g/mol. The number of imide groups is 2. The highest BCUT2D eigenvalue weighted by atomic mass is 79.9. The Bertz CT molecular complexity index is 888. The SMILES string of the molecule is CCCCBr.CCCCN1C(=O)c2ccccc2C1=O.O=C1NC(=O)c2ccccc21. The van der Waals surface area contributed by atoms with Gasteiger partial charge in [-0.15, -0.1) is 0 Å². The van der Waals surface area contributed by atoms with Crippen LogP contribution >= 0.6 is 15.9 Å². The third-order valence-electron chi connectivity index (χ3n) is 4.74. The first kappa shape index (κ1) is 24.5. The number of nitrogens with zero attached hydrogens (tertiary/aromatic N) is 1. The van der Waals surface area contributed by atoms with Crippen LogP contribution in [-0.4, -0.2) is 40.4 Å². The Kier molecular flexibility index (Phi) is 9.59. The number of halogens is 1. The number of rotatable bonds is 5. The van der Waals surface area contributed by atoms with E-state index in [1.54, 1.807) is 48.5 Å². The Morgan fingerprint density at radius 3 is 1.48 bits per heavy atom. The second-order valence-electron chi connectivity index (χ2n) is 7.03. The van der Waals surface area contributed by atoms with Gasteiger partial charge < -0.3 is 0 Å². The fourth-order valence-corrected chi connectivity index (χ4v) is 3.57. The van der Waals surface area contributed by atoms with Crippen LogP contribution in [0.3, 0.4) is 0 Å². The second-order valence-corrected chi connectivity index (χ2v) is 7.83. The van der Waals surface area contributed by atoms with Crippen molar-refractivity contribution in [3.8, 4) is 0 Å². The van der Waals surface area contributed by atoms with Gasteiger partial charge in [0.05, 0.1) is 22.3 Å². The summed E-state index contributed by atoms with van der Waals surface area (Å²) >= 11 is 3.31. The molecule has 6 nitrogen and oxygen atoms in total. The number of fused-ring (bicyclic) bond motifs is 2. The van der Waals surface area contributed by atoms with Crippen LogP contribution in [-0.2, 0) is 0 Å². The summed E-state index contributed by atoms with van der Waals surface area (Å²) in [6, 6.07) is 13.7. The van der Waals surface area contributed by atoms with E-state index < -0.39 is 0 Å². The zero-order chi connectivity index (χ0) is 22.8. The topological polar surface area (TPSA) is 83.6 Å². The fraction of sp³-hybridized carbons (Fsp3) is 0.333. The lowest BCUT2D eigenvalue weighted by molar-refractivity contribution is 0.0651. The average molecular weight is 487 g/mol. The number of nitrogens with one attached hydrogen (secondary N) is 1. The zero-order valence-corrected chi connectivity index (χ0v) is 19.4. The van der Waals surface area contributed by atoms with Crippen molar-refractivity contribution in [2.24, 2.45) is 0 Å². The summed E-state index contributed by atoms with van der Waals surface area (Å²) in [5.41, 5.74) is 2.02. The Morgan fingerprint density at radius 1 is 0.710 bits per heavy atom. The molecule has 0 aliphatic carbocycles. The molecule has 2 heterocycles. The van der Waals surface area contributed by atoms with E-state index in [0.717, 1.165) is 18.2 Å². The van der Waals surface area contributed by atoms with Crippen LogP contribution < -0.4 is 5.32 Å². The number of hydrogen-bond donors (Lipinski definition) is 1. The number of carbonyl (C=O) groups is 4. The van der Waals surface area contributed by atoms with Crippen LogP contribution in [0, 0.1) is 0 Å². The molecule has 2 aromatic carbocycles. The molecular formula is C24H27BrN2O4. The molecule has 0 saturated heterocycles. The fourth-order valence-electron chi connectivity index (χ4n) is 3.01. The first-order chi connectivity index (χ1) is 15.0. The lowest BCUT2D eigenvalue weighted by atomic mass is 10.1. The van der Waals surface area contributed by atoms with E-state index >= 15 is 0 Å². The third kappa shape index (κ3) is 6.10. The van der Waals surface area contributed by atoms with Gasteiger partial charge in [-0.2, -0.15) is 0 Å². The summed E-state index contributed by atoms with van der Waals surface area (Å²) in [6.45, 7) is 4.75. The number of alkyl halides is 1. The van der Waals surface area contributed by atoms with Gasteiger partial charge in [0.1, 0.15) is 0 Å². The van der Waals surface area contributed by atoms with Crippen molar-refractivity contribution >= 4 is 39.6 Å². The Morgan fingerprint density at radius 2 is 1.13 bits per heavy atom. The van der Waals surface area contributed by atoms with Crippen molar-refractivity contribution in [1.82, 2.24) is 10.2 Å². The molecule has 0 atom stereocenters. The number of unbranched alkanes of at least 4 members (excludes halogenated alkanes) is 2. The maximum atomic E-state index is 11.8. The van der Waals surface area contributed by atoms with Gasteiger partial charge in [-0.25, -0.2) is 0 Å². The molecule has 0 unspecified atom stereocenters. The Balaban J connectivity index is 0.000000187. The largest absolute Gasteiger partial charge is 0.288 e. The van der Waals surface area contributed by atoms with Crippen LogP contribution in [0.25, 0.3) is 0 Å². The van der Waals surface area contributed by atoms with Crippen molar-refractivity contribution in [3.63, 3.8) is 0 Å². The highest BCUT2D eigenvalue weighted by Gasteiger charge is 2.34. The van der Waals surface area contributed by atoms with E-state index in [2.05, 4.69) is 28.2 Å². The summed E-state index contributed by atoms with van der Waals surface area (Å²) in [4.78, 5) is 46.9. The van der Waals surface area contributed by atoms with Crippen molar-refractivity contribution in [3.05, 3.63) is 70.8 Å². The maximum Gasteiger partial charge on any atom is 0.261 e. The molecule has 4 rings (SSSR count). The molecule has 7 heteroatoms. The molecule has 0 saturated carbocycles. The van der Waals surface area contributed by atoms with E-state index in [0.29, 0.717) is 28.8 Å². The quantitative estimate of drug-likeness (QED) is 0.484. The highest BCUT2D eigenvalue weighted by Crippen LogP contribution is 2.22. The average Bonchev–Trinajstić information content (AvgIpc) is 3.21. The summed E-state index contributed by atoms with van der Waals surface area (Å²) in [6.07, 6.45) is 4.45. The molecule has 2 aliphatic rings. The lowest BCUT2D eigenvalue weighted by Crippen LogP contribution is -2.30. The normalized spacial score (nSPS) is 13.6. The third-order valence-corrected chi connectivity index (χ3v) is 5.30. The van der Waals surface area contributed by atoms with Gasteiger partial charge in [-0.05, 0) is 37.1 Å². The standard InChI is InChI=1S/C12H13NO2.C8H5NO2.C4H9Br/c1-2-3-8-13-11(14)9-6-4-5-7-10(9)12(13)15;10-7-5-3-1-2-4-6(5)8(11)9-7;1-2-3-4-5/h4-7H,2-3,8H2,1H3;1-4H,(H,9,10,11);2-4H2,1H3. The minimum Gasteiger partial charge on any atom is -0.288 e. The molecule has 2 aliphatic heterocycles. The molecule has 31 heavy (non-hydrogen) atoms. The minimum atomic E-state index is -0.300. The van der Waals surface area contributed by atoms with E-state index in [9.17, 15) is 19.2 Å². The van der Waals surface area contributed by atoms with Gasteiger partial charge in [0.2, 0.25) is 0 Å². The van der Waals surface area contributed by atoms with Gasteiger partial charge in [0.15, 0.2) is 0 Å².